The molecule has 2 rings (SSSR count). The summed E-state index contributed by atoms with van der Waals surface area (Å²) in [7, 11) is -5.52. The van der Waals surface area contributed by atoms with Crippen LogP contribution in [0.2, 0.25) is 16.6 Å². The van der Waals surface area contributed by atoms with Gasteiger partial charge in [-0.1, -0.05) is 59.7 Å². The topological polar surface area (TPSA) is 55.9 Å². The zero-order valence-corrected chi connectivity index (χ0v) is 18.2. The molecule has 0 amide bonds. The highest BCUT2D eigenvalue weighted by atomic mass is 32.2. The minimum absolute atomic E-state index is 0.220. The van der Waals surface area contributed by atoms with Crippen LogP contribution < -0.4 is 0 Å². The van der Waals surface area contributed by atoms with Gasteiger partial charge in [0.15, 0.2) is 5.44 Å². The summed E-state index contributed by atoms with van der Waals surface area (Å²) < 4.78 is 37.7. The van der Waals surface area contributed by atoms with E-state index in [1.165, 1.54) is 0 Å². The predicted octanol–water partition coefficient (Wildman–Crippen LogP) is 4.77. The quantitative estimate of drug-likeness (QED) is 0.479. The van der Waals surface area contributed by atoms with E-state index in [0.717, 1.165) is 0 Å². The van der Waals surface area contributed by atoms with Crippen LogP contribution in [0.4, 0.5) is 0 Å². The Morgan fingerprint density at radius 2 is 1.40 bits per heavy atom. The lowest BCUT2D eigenvalue weighted by Crippen LogP contribution is -2.50. The van der Waals surface area contributed by atoms with Crippen LogP contribution in [0, 0.1) is 0 Å². The molecule has 4 nitrogen and oxygen atoms in total. The maximum atomic E-state index is 12.7. The minimum Gasteiger partial charge on any atom is -0.411 e. The number of ether oxygens (including phenoxy) is 1. The number of benzene rings is 1. The SMILES string of the molecule is CC(C)[Si](O[C@@H](C)[C@H]1O[C@@H]1S(=O)(=O)c1ccccc1)(C(C)C)C(C)C. The van der Waals surface area contributed by atoms with Crippen LogP contribution in [0.25, 0.3) is 0 Å². The van der Waals surface area contributed by atoms with Gasteiger partial charge >= 0.3 is 0 Å². The molecule has 1 aliphatic rings. The van der Waals surface area contributed by atoms with E-state index in [4.69, 9.17) is 9.16 Å². The monoisotopic (exact) mass is 384 g/mol. The van der Waals surface area contributed by atoms with Crippen molar-refractivity contribution in [1.29, 1.82) is 0 Å². The lowest BCUT2D eigenvalue weighted by Gasteiger charge is -2.43. The highest BCUT2D eigenvalue weighted by Crippen LogP contribution is 2.45. The third-order valence-electron chi connectivity index (χ3n) is 5.42. The molecule has 1 saturated heterocycles. The molecule has 0 bridgehead atoms. The van der Waals surface area contributed by atoms with Crippen LogP contribution in [0.1, 0.15) is 48.5 Å². The molecule has 1 aliphatic heterocycles. The Labute approximate surface area is 154 Å². The van der Waals surface area contributed by atoms with E-state index in [-0.39, 0.29) is 12.2 Å². The van der Waals surface area contributed by atoms with E-state index in [1.807, 2.05) is 13.0 Å². The predicted molar refractivity (Wildman–Crippen MR) is 104 cm³/mol. The first-order valence-corrected chi connectivity index (χ1v) is 12.9. The second-order valence-electron chi connectivity index (χ2n) is 7.97. The summed E-state index contributed by atoms with van der Waals surface area (Å²) in [6, 6.07) is 8.52. The summed E-state index contributed by atoms with van der Waals surface area (Å²) in [5.41, 5.74) is 0.580. The third kappa shape index (κ3) is 3.87. The third-order valence-corrected chi connectivity index (χ3v) is 13.5. The summed E-state index contributed by atoms with van der Waals surface area (Å²) >= 11 is 0. The number of sulfone groups is 1. The number of hydrogen-bond acceptors (Lipinski definition) is 4. The Balaban J connectivity index is 2.16. The molecule has 0 N–H and O–H groups in total. The zero-order valence-electron chi connectivity index (χ0n) is 16.4. The fraction of sp³-hybridized carbons (Fsp3) is 0.684. The van der Waals surface area contributed by atoms with Crippen molar-refractivity contribution in [3.63, 3.8) is 0 Å². The smallest absolute Gasteiger partial charge is 0.207 e. The van der Waals surface area contributed by atoms with Gasteiger partial charge in [-0.25, -0.2) is 8.42 Å². The molecule has 25 heavy (non-hydrogen) atoms. The zero-order chi connectivity index (χ0) is 19.0. The molecule has 6 heteroatoms. The molecule has 0 aliphatic carbocycles. The van der Waals surface area contributed by atoms with Crippen molar-refractivity contribution in [1.82, 2.24) is 0 Å². The standard InChI is InChI=1S/C19H32O4SSi/c1-13(2)25(14(3)4,15(5)6)23-16(7)18-19(22-18)24(20,21)17-11-9-8-10-12-17/h8-16,18-19H,1-7H3/t16-,18+,19+/m0/s1. The van der Waals surface area contributed by atoms with Crippen molar-refractivity contribution in [2.24, 2.45) is 0 Å². The molecule has 1 aromatic carbocycles. The molecule has 3 atom stereocenters. The van der Waals surface area contributed by atoms with Gasteiger partial charge in [0.05, 0.1) is 11.0 Å². The molecular weight excluding hydrogens is 352 g/mol. The highest BCUT2D eigenvalue weighted by Gasteiger charge is 2.56. The minimum atomic E-state index is -3.46. The maximum Gasteiger partial charge on any atom is 0.207 e. The molecule has 0 saturated carbocycles. The van der Waals surface area contributed by atoms with Crippen LogP contribution in [0.15, 0.2) is 35.2 Å². The van der Waals surface area contributed by atoms with Gasteiger partial charge in [-0.2, -0.15) is 0 Å². The summed E-state index contributed by atoms with van der Waals surface area (Å²) in [6.45, 7) is 15.3. The average Bonchev–Trinajstić information content (AvgIpc) is 3.33. The van der Waals surface area contributed by atoms with Crippen LogP contribution >= 0.6 is 0 Å². The Bertz CT molecular complexity index is 648. The van der Waals surface area contributed by atoms with E-state index in [0.29, 0.717) is 21.5 Å². The molecule has 0 spiro atoms. The second-order valence-corrected chi connectivity index (χ2v) is 15.4. The van der Waals surface area contributed by atoms with Crippen molar-refractivity contribution in [3.8, 4) is 0 Å². The molecule has 0 radical (unpaired) electrons. The van der Waals surface area contributed by atoms with Gasteiger partial charge in [0.25, 0.3) is 0 Å². The van der Waals surface area contributed by atoms with Gasteiger partial charge in [0.1, 0.15) is 6.10 Å². The van der Waals surface area contributed by atoms with E-state index >= 15 is 0 Å². The van der Waals surface area contributed by atoms with Crippen molar-refractivity contribution < 1.29 is 17.6 Å². The Morgan fingerprint density at radius 3 is 1.84 bits per heavy atom. The normalized spacial score (nSPS) is 22.6. The van der Waals surface area contributed by atoms with Crippen LogP contribution in [-0.2, 0) is 19.0 Å². The number of rotatable bonds is 8. The van der Waals surface area contributed by atoms with Crippen LogP contribution in [0.3, 0.4) is 0 Å². The molecular formula is C19H32O4SSi. The Hall–Kier alpha value is -0.693. The van der Waals surface area contributed by atoms with Gasteiger partial charge in [-0.3, -0.25) is 0 Å². The molecule has 0 unspecified atom stereocenters. The number of epoxide rings is 1. The number of hydrogen-bond donors (Lipinski definition) is 0. The highest BCUT2D eigenvalue weighted by molar-refractivity contribution is 7.92. The molecule has 142 valence electrons. The van der Waals surface area contributed by atoms with Crippen molar-refractivity contribution >= 4 is 18.2 Å². The lowest BCUT2D eigenvalue weighted by atomic mass is 10.3. The average molecular weight is 385 g/mol. The first-order valence-electron chi connectivity index (χ1n) is 9.17. The van der Waals surface area contributed by atoms with Crippen molar-refractivity contribution in [2.75, 3.05) is 0 Å². The summed E-state index contributed by atoms with van der Waals surface area (Å²) in [6.07, 6.45) is -0.601. The Morgan fingerprint density at radius 1 is 0.920 bits per heavy atom. The van der Waals surface area contributed by atoms with E-state index in [9.17, 15) is 8.42 Å². The van der Waals surface area contributed by atoms with Crippen LogP contribution in [-0.4, -0.2) is 34.4 Å². The second kappa shape index (κ2) is 7.51. The van der Waals surface area contributed by atoms with E-state index in [1.54, 1.807) is 24.3 Å². The van der Waals surface area contributed by atoms with Gasteiger partial charge in [-0.15, -0.1) is 0 Å². The maximum absolute atomic E-state index is 12.7. The Kier molecular flexibility index (Phi) is 6.19. The fourth-order valence-electron chi connectivity index (χ4n) is 4.23. The van der Waals surface area contributed by atoms with Gasteiger partial charge in [-0.05, 0) is 35.7 Å². The van der Waals surface area contributed by atoms with Crippen LogP contribution in [0.5, 0.6) is 0 Å². The van der Waals surface area contributed by atoms with Crippen molar-refractivity contribution in [2.45, 2.75) is 87.6 Å². The van der Waals surface area contributed by atoms with E-state index < -0.39 is 23.6 Å². The lowest BCUT2D eigenvalue weighted by molar-refractivity contribution is 0.153. The summed E-state index contributed by atoms with van der Waals surface area (Å²) in [5, 5.41) is 0. The van der Waals surface area contributed by atoms with Gasteiger partial charge in [0.2, 0.25) is 18.2 Å². The summed E-state index contributed by atoms with van der Waals surface area (Å²) in [5.74, 6) is 0. The fourth-order valence-corrected chi connectivity index (χ4v) is 11.5. The molecule has 1 fully saturated rings. The molecule has 1 aromatic rings. The summed E-state index contributed by atoms with van der Waals surface area (Å²) in [4.78, 5) is 0.315. The van der Waals surface area contributed by atoms with E-state index in [2.05, 4.69) is 41.5 Å². The first kappa shape index (κ1) is 20.6. The molecule has 0 aromatic heterocycles. The van der Waals surface area contributed by atoms with Gasteiger partial charge < -0.3 is 9.16 Å². The van der Waals surface area contributed by atoms with Gasteiger partial charge in [0, 0.05) is 0 Å². The largest absolute Gasteiger partial charge is 0.411 e. The molecule has 1 heterocycles. The van der Waals surface area contributed by atoms with Crippen molar-refractivity contribution in [3.05, 3.63) is 30.3 Å². The first-order chi connectivity index (χ1) is 11.5.